The molecule has 1 aromatic carbocycles. The second kappa shape index (κ2) is 7.46. The molecule has 1 N–H and O–H groups in total. The van der Waals surface area contributed by atoms with Crippen molar-refractivity contribution in [3.63, 3.8) is 0 Å². The van der Waals surface area contributed by atoms with Crippen LogP contribution < -0.4 is 10.1 Å². The number of alkyl halides is 3. The van der Waals surface area contributed by atoms with Gasteiger partial charge in [0.25, 0.3) is 6.04 Å². The van der Waals surface area contributed by atoms with Gasteiger partial charge in [-0.25, -0.2) is 0 Å². The van der Waals surface area contributed by atoms with Crippen molar-refractivity contribution in [2.45, 2.75) is 25.6 Å². The minimum absolute atomic E-state index is 0.0197. The van der Waals surface area contributed by atoms with Gasteiger partial charge in [-0.3, -0.25) is 14.9 Å². The maximum atomic E-state index is 12.8. The van der Waals surface area contributed by atoms with E-state index in [1.54, 1.807) is 0 Å². The number of carbonyl (C=O) groups is 1. The van der Waals surface area contributed by atoms with Gasteiger partial charge in [-0.05, 0) is 18.2 Å². The molecule has 1 unspecified atom stereocenters. The molecule has 0 radical (unpaired) electrons. The first-order chi connectivity index (χ1) is 12.1. The van der Waals surface area contributed by atoms with E-state index in [9.17, 15) is 28.1 Å². The van der Waals surface area contributed by atoms with Crippen LogP contribution in [0, 0.1) is 10.1 Å². The Kier molecular flexibility index (Phi) is 5.53. The summed E-state index contributed by atoms with van der Waals surface area (Å²) in [7, 11) is 1.26. The van der Waals surface area contributed by atoms with Crippen LogP contribution in [-0.4, -0.2) is 24.0 Å². The molecule has 0 fully saturated rings. The van der Waals surface area contributed by atoms with Gasteiger partial charge < -0.3 is 14.8 Å². The third-order valence-corrected chi connectivity index (χ3v) is 3.51. The van der Waals surface area contributed by atoms with E-state index in [1.807, 2.05) is 0 Å². The molecular weight excluding hydrogens is 357 g/mol. The molecule has 10 heteroatoms. The molecule has 0 saturated heterocycles. The van der Waals surface area contributed by atoms with Crippen LogP contribution in [0.3, 0.4) is 0 Å². The number of ether oxygens (including phenoxy) is 2. The Bertz CT molecular complexity index is 786. The van der Waals surface area contributed by atoms with Crippen LogP contribution in [0.5, 0.6) is 5.75 Å². The zero-order chi connectivity index (χ0) is 19.5. The number of amides is 1. The summed E-state index contributed by atoms with van der Waals surface area (Å²) in [4.78, 5) is 21.9. The molecule has 0 spiro atoms. The largest absolute Gasteiger partial charge is 0.497 e. The van der Waals surface area contributed by atoms with Crippen LogP contribution in [0.1, 0.15) is 18.9 Å². The van der Waals surface area contributed by atoms with E-state index in [0.29, 0.717) is 0 Å². The quantitative estimate of drug-likeness (QED) is 0.634. The summed E-state index contributed by atoms with van der Waals surface area (Å²) in [6.07, 6.45) is -3.58. The van der Waals surface area contributed by atoms with E-state index in [1.165, 1.54) is 32.2 Å². The van der Waals surface area contributed by atoms with Gasteiger partial charge in [-0.2, -0.15) is 13.2 Å². The minimum atomic E-state index is -4.54. The summed E-state index contributed by atoms with van der Waals surface area (Å²) in [6, 6.07) is 2.91. The number of nitrogens with one attached hydrogen (secondary N) is 1. The number of rotatable bonds is 5. The number of hydrogen-bond donors (Lipinski definition) is 1. The monoisotopic (exact) mass is 372 g/mol. The van der Waals surface area contributed by atoms with Crippen molar-refractivity contribution in [3.8, 4) is 5.75 Å². The molecule has 1 aromatic rings. The van der Waals surface area contributed by atoms with E-state index in [4.69, 9.17) is 9.47 Å². The maximum Gasteiger partial charge on any atom is 0.416 e. The normalized spacial score (nSPS) is 17.4. The number of allylic oxidation sites excluding steroid dienone is 1. The summed E-state index contributed by atoms with van der Waals surface area (Å²) >= 11 is 0. The first-order valence-electron chi connectivity index (χ1n) is 7.36. The number of halogens is 3. The summed E-state index contributed by atoms with van der Waals surface area (Å²) in [6.45, 7) is 1.18. The molecule has 140 valence electrons. The molecule has 0 aromatic heterocycles. The van der Waals surface area contributed by atoms with Crippen LogP contribution in [0.15, 0.2) is 47.6 Å². The number of methoxy groups -OCH3 is 1. The Hall–Kier alpha value is -3.04. The Balaban J connectivity index is 2.38. The summed E-state index contributed by atoms with van der Waals surface area (Å²) in [5.41, 5.74) is -0.940. The fourth-order valence-corrected chi connectivity index (χ4v) is 2.35. The lowest BCUT2D eigenvalue weighted by atomic mass is 10.0. The van der Waals surface area contributed by atoms with Gasteiger partial charge in [0, 0.05) is 17.9 Å². The van der Waals surface area contributed by atoms with Crippen molar-refractivity contribution in [2.24, 2.45) is 0 Å². The third kappa shape index (κ3) is 4.52. The fourth-order valence-electron chi connectivity index (χ4n) is 2.35. The zero-order valence-electron chi connectivity index (χ0n) is 13.8. The number of nitrogens with zero attached hydrogens (tertiary/aromatic N) is 1. The number of nitro groups is 1. The first-order valence-corrected chi connectivity index (χ1v) is 7.36. The van der Waals surface area contributed by atoms with Gasteiger partial charge in [-0.1, -0.05) is 6.07 Å². The van der Waals surface area contributed by atoms with Crippen LogP contribution >= 0.6 is 0 Å². The van der Waals surface area contributed by atoms with Crippen LogP contribution in [0.25, 0.3) is 0 Å². The minimum Gasteiger partial charge on any atom is -0.497 e. The molecule has 7 nitrogen and oxygen atoms in total. The smallest absolute Gasteiger partial charge is 0.416 e. The van der Waals surface area contributed by atoms with Crippen LogP contribution in [0.2, 0.25) is 0 Å². The number of carbonyl (C=O) groups excluding carboxylic acids is 1. The van der Waals surface area contributed by atoms with Gasteiger partial charge in [0.2, 0.25) is 5.91 Å². The Morgan fingerprint density at radius 1 is 1.38 bits per heavy atom. The molecule has 2 rings (SSSR count). The lowest BCUT2D eigenvalue weighted by Gasteiger charge is -2.22. The van der Waals surface area contributed by atoms with E-state index in [-0.39, 0.29) is 29.4 Å². The molecule has 1 aliphatic carbocycles. The van der Waals surface area contributed by atoms with Crippen LogP contribution in [-0.2, 0) is 15.7 Å². The first kappa shape index (κ1) is 19.3. The molecular formula is C16H15F3N2O5. The third-order valence-electron chi connectivity index (χ3n) is 3.51. The average molecular weight is 372 g/mol. The second-order valence-electron chi connectivity index (χ2n) is 5.41. The van der Waals surface area contributed by atoms with Gasteiger partial charge in [-0.15, -0.1) is 0 Å². The Morgan fingerprint density at radius 2 is 2.08 bits per heavy atom. The summed E-state index contributed by atoms with van der Waals surface area (Å²) < 4.78 is 48.9. The van der Waals surface area contributed by atoms with Gasteiger partial charge in [0.05, 0.1) is 24.8 Å². The van der Waals surface area contributed by atoms with Crippen LogP contribution in [0.4, 0.5) is 13.2 Å². The predicted molar refractivity (Wildman–Crippen MR) is 83.4 cm³/mol. The molecule has 0 aliphatic heterocycles. The van der Waals surface area contributed by atoms with Crippen molar-refractivity contribution in [3.05, 3.63) is 63.2 Å². The fraction of sp³-hybridized carbons (Fsp3) is 0.312. The van der Waals surface area contributed by atoms with Crippen molar-refractivity contribution in [2.75, 3.05) is 7.11 Å². The molecule has 0 heterocycles. The van der Waals surface area contributed by atoms with E-state index < -0.39 is 28.6 Å². The molecule has 26 heavy (non-hydrogen) atoms. The maximum absolute atomic E-state index is 12.8. The molecule has 0 saturated carbocycles. The average Bonchev–Trinajstić information content (AvgIpc) is 2.53. The number of hydrogen-bond acceptors (Lipinski definition) is 5. The van der Waals surface area contributed by atoms with E-state index in [2.05, 4.69) is 5.32 Å². The number of benzene rings is 1. The predicted octanol–water partition coefficient (Wildman–Crippen LogP) is 3.01. The standard InChI is InChI=1S/C16H15F3N2O5/c1-9(22)20-12-7-15(14(25-2)8-13(12)21(23)24)26-11-5-3-4-10(6-11)16(17,18)19/h3-7,13H,8H2,1-2H3,(H,20,22). The summed E-state index contributed by atoms with van der Waals surface area (Å²) in [5, 5.41) is 13.5. The second-order valence-corrected chi connectivity index (χ2v) is 5.41. The molecule has 1 aliphatic rings. The topological polar surface area (TPSA) is 90.7 Å². The lowest BCUT2D eigenvalue weighted by Crippen LogP contribution is -2.36. The Labute approximate surface area is 146 Å². The van der Waals surface area contributed by atoms with Gasteiger partial charge >= 0.3 is 6.18 Å². The Morgan fingerprint density at radius 3 is 2.62 bits per heavy atom. The molecule has 0 bridgehead atoms. The lowest BCUT2D eigenvalue weighted by molar-refractivity contribution is -0.513. The van der Waals surface area contributed by atoms with Crippen molar-refractivity contribution >= 4 is 5.91 Å². The molecule has 1 atom stereocenters. The van der Waals surface area contributed by atoms with Gasteiger partial charge in [0.15, 0.2) is 5.76 Å². The van der Waals surface area contributed by atoms with Crippen molar-refractivity contribution in [1.82, 2.24) is 5.32 Å². The zero-order valence-corrected chi connectivity index (χ0v) is 13.8. The van der Waals surface area contributed by atoms with Crippen molar-refractivity contribution in [1.29, 1.82) is 0 Å². The highest BCUT2D eigenvalue weighted by Gasteiger charge is 2.35. The van der Waals surface area contributed by atoms with E-state index in [0.717, 1.165) is 12.1 Å². The van der Waals surface area contributed by atoms with Gasteiger partial charge in [0.1, 0.15) is 11.5 Å². The highest BCUT2D eigenvalue weighted by atomic mass is 19.4. The molecule has 1 amide bonds. The van der Waals surface area contributed by atoms with E-state index >= 15 is 0 Å². The summed E-state index contributed by atoms with van der Waals surface area (Å²) in [5.74, 6) is -0.586. The van der Waals surface area contributed by atoms with Crippen molar-refractivity contribution < 1.29 is 32.4 Å². The highest BCUT2D eigenvalue weighted by molar-refractivity contribution is 5.75. The SMILES string of the molecule is COC1=C(Oc2cccc(C(F)(F)F)c2)C=C(NC(C)=O)C([N+](=O)[O-])C1. The highest BCUT2D eigenvalue weighted by Crippen LogP contribution is 2.33.